The van der Waals surface area contributed by atoms with Crippen LogP contribution < -0.4 is 5.32 Å². The van der Waals surface area contributed by atoms with E-state index in [2.05, 4.69) is 39.9 Å². The van der Waals surface area contributed by atoms with Gasteiger partial charge >= 0.3 is 0 Å². The number of hydrogen-bond donors (Lipinski definition) is 1. The van der Waals surface area contributed by atoms with Crippen molar-refractivity contribution in [2.75, 3.05) is 6.54 Å². The second kappa shape index (κ2) is 12.0. The van der Waals surface area contributed by atoms with Gasteiger partial charge in [-0.25, -0.2) is 0 Å². The molecule has 18 heavy (non-hydrogen) atoms. The molecule has 1 nitrogen and oxygen atoms in total. The van der Waals surface area contributed by atoms with Crippen molar-refractivity contribution in [3.8, 4) is 0 Å². The van der Waals surface area contributed by atoms with Crippen molar-refractivity contribution in [2.24, 2.45) is 11.8 Å². The highest BCUT2D eigenvalue weighted by atomic mass is 14.9. The fourth-order valence-electron chi connectivity index (χ4n) is 2.61. The van der Waals surface area contributed by atoms with Crippen LogP contribution in [0.15, 0.2) is 0 Å². The van der Waals surface area contributed by atoms with Crippen LogP contribution in [-0.4, -0.2) is 12.6 Å². The molecule has 1 heteroatoms. The van der Waals surface area contributed by atoms with E-state index in [1.807, 2.05) is 0 Å². The minimum Gasteiger partial charge on any atom is -0.314 e. The zero-order chi connectivity index (χ0) is 13.8. The third-order valence-corrected chi connectivity index (χ3v) is 3.48. The smallest absolute Gasteiger partial charge is 0.00719 e. The third kappa shape index (κ3) is 12.4. The highest BCUT2D eigenvalue weighted by Crippen LogP contribution is 2.13. The minimum absolute atomic E-state index is 0.737. The van der Waals surface area contributed by atoms with Gasteiger partial charge in [0.15, 0.2) is 0 Å². The molecule has 0 atom stereocenters. The van der Waals surface area contributed by atoms with Crippen molar-refractivity contribution in [3.05, 3.63) is 0 Å². The van der Waals surface area contributed by atoms with Gasteiger partial charge in [0.1, 0.15) is 0 Å². The monoisotopic (exact) mass is 255 g/mol. The van der Waals surface area contributed by atoms with Gasteiger partial charge in [0.05, 0.1) is 0 Å². The van der Waals surface area contributed by atoms with E-state index in [1.165, 1.54) is 57.9 Å². The Bertz CT molecular complexity index is 153. The van der Waals surface area contributed by atoms with E-state index in [4.69, 9.17) is 0 Å². The summed E-state index contributed by atoms with van der Waals surface area (Å²) < 4.78 is 0. The average molecular weight is 255 g/mol. The van der Waals surface area contributed by atoms with E-state index in [0.29, 0.717) is 0 Å². The first kappa shape index (κ1) is 18.0. The van der Waals surface area contributed by atoms with Crippen LogP contribution in [0.4, 0.5) is 0 Å². The maximum atomic E-state index is 3.77. The van der Waals surface area contributed by atoms with Crippen molar-refractivity contribution in [2.45, 2.75) is 92.0 Å². The number of nitrogens with one attached hydrogen (secondary N) is 1. The molecule has 0 aliphatic rings. The Morgan fingerprint density at radius 1 is 0.722 bits per heavy atom. The van der Waals surface area contributed by atoms with Crippen LogP contribution in [-0.2, 0) is 0 Å². The molecule has 0 aliphatic heterocycles. The summed E-state index contributed by atoms with van der Waals surface area (Å²) in [5.41, 5.74) is 0. The zero-order valence-electron chi connectivity index (χ0n) is 13.6. The van der Waals surface area contributed by atoms with Gasteiger partial charge in [-0.15, -0.1) is 0 Å². The summed E-state index contributed by atoms with van der Waals surface area (Å²) in [6.45, 7) is 12.8. The standard InChI is InChI=1S/C17H37N/c1-6-7-8-9-10-11-12-18-17(13-15(2)3)14-16(4)5/h15-18H,6-14H2,1-5H3. The first-order chi connectivity index (χ1) is 8.56. The van der Waals surface area contributed by atoms with E-state index < -0.39 is 0 Å². The Hall–Kier alpha value is -0.0400. The van der Waals surface area contributed by atoms with Crippen LogP contribution in [0, 0.1) is 11.8 Å². The molecule has 0 spiro atoms. The molecule has 1 N–H and O–H groups in total. The lowest BCUT2D eigenvalue weighted by atomic mass is 9.95. The number of unbranched alkanes of at least 4 members (excludes halogenated alkanes) is 5. The van der Waals surface area contributed by atoms with Crippen molar-refractivity contribution < 1.29 is 0 Å². The molecule has 110 valence electrons. The Labute approximate surface area is 116 Å². The van der Waals surface area contributed by atoms with Crippen LogP contribution >= 0.6 is 0 Å². The topological polar surface area (TPSA) is 12.0 Å². The van der Waals surface area contributed by atoms with E-state index in [-0.39, 0.29) is 0 Å². The largest absolute Gasteiger partial charge is 0.314 e. The third-order valence-electron chi connectivity index (χ3n) is 3.48. The summed E-state index contributed by atoms with van der Waals surface area (Å²) >= 11 is 0. The SMILES string of the molecule is CCCCCCCCNC(CC(C)C)CC(C)C. The maximum absolute atomic E-state index is 3.77. The molecule has 0 heterocycles. The lowest BCUT2D eigenvalue weighted by Crippen LogP contribution is -2.32. The Kier molecular flexibility index (Phi) is 12.0. The van der Waals surface area contributed by atoms with E-state index in [9.17, 15) is 0 Å². The van der Waals surface area contributed by atoms with Gasteiger partial charge in [0, 0.05) is 6.04 Å². The molecule has 0 saturated carbocycles. The molecule has 0 rings (SSSR count). The zero-order valence-corrected chi connectivity index (χ0v) is 13.6. The lowest BCUT2D eigenvalue weighted by molar-refractivity contribution is 0.356. The fraction of sp³-hybridized carbons (Fsp3) is 1.00. The van der Waals surface area contributed by atoms with Crippen LogP contribution in [0.5, 0.6) is 0 Å². The van der Waals surface area contributed by atoms with Gasteiger partial charge in [-0.3, -0.25) is 0 Å². The molecule has 0 amide bonds. The molecule has 0 aromatic carbocycles. The molecule has 0 aromatic rings. The molecule has 0 fully saturated rings. The highest BCUT2D eigenvalue weighted by Gasteiger charge is 2.11. The first-order valence-electron chi connectivity index (χ1n) is 8.29. The van der Waals surface area contributed by atoms with Gasteiger partial charge in [0.25, 0.3) is 0 Å². The number of hydrogen-bond acceptors (Lipinski definition) is 1. The van der Waals surface area contributed by atoms with Crippen LogP contribution in [0.2, 0.25) is 0 Å². The molecule has 0 saturated heterocycles. The summed E-state index contributed by atoms with van der Waals surface area (Å²) in [6, 6.07) is 0.737. The minimum atomic E-state index is 0.737. The van der Waals surface area contributed by atoms with Gasteiger partial charge in [-0.2, -0.15) is 0 Å². The van der Waals surface area contributed by atoms with Gasteiger partial charge in [-0.1, -0.05) is 66.7 Å². The molecule has 0 radical (unpaired) electrons. The predicted molar refractivity (Wildman–Crippen MR) is 84.1 cm³/mol. The average Bonchev–Trinajstić information content (AvgIpc) is 2.26. The Morgan fingerprint density at radius 3 is 1.72 bits per heavy atom. The van der Waals surface area contributed by atoms with Crippen LogP contribution in [0.3, 0.4) is 0 Å². The molecule has 0 bridgehead atoms. The molecule has 0 aliphatic carbocycles. The quantitative estimate of drug-likeness (QED) is 0.461. The lowest BCUT2D eigenvalue weighted by Gasteiger charge is -2.22. The van der Waals surface area contributed by atoms with E-state index in [0.717, 1.165) is 17.9 Å². The highest BCUT2D eigenvalue weighted by molar-refractivity contribution is 4.70. The molecule has 0 aromatic heterocycles. The first-order valence-corrected chi connectivity index (χ1v) is 8.29. The van der Waals surface area contributed by atoms with Crippen LogP contribution in [0.1, 0.15) is 86.0 Å². The Morgan fingerprint density at radius 2 is 1.22 bits per heavy atom. The number of rotatable bonds is 12. The van der Waals surface area contributed by atoms with Gasteiger partial charge < -0.3 is 5.32 Å². The van der Waals surface area contributed by atoms with E-state index in [1.54, 1.807) is 0 Å². The summed E-state index contributed by atoms with van der Waals surface area (Å²) in [7, 11) is 0. The summed E-state index contributed by atoms with van der Waals surface area (Å²) in [5.74, 6) is 1.62. The van der Waals surface area contributed by atoms with Crippen molar-refractivity contribution in [1.29, 1.82) is 0 Å². The second-order valence-corrected chi connectivity index (χ2v) is 6.68. The molecular formula is C17H37N. The normalized spacial score (nSPS) is 12.0. The summed E-state index contributed by atoms with van der Waals surface area (Å²) in [5, 5.41) is 3.77. The molecular weight excluding hydrogens is 218 g/mol. The van der Waals surface area contributed by atoms with Gasteiger partial charge in [-0.05, 0) is 37.6 Å². The Balaban J connectivity index is 3.56. The van der Waals surface area contributed by atoms with Crippen LogP contribution in [0.25, 0.3) is 0 Å². The van der Waals surface area contributed by atoms with Crippen molar-refractivity contribution >= 4 is 0 Å². The summed E-state index contributed by atoms with van der Waals surface area (Å²) in [4.78, 5) is 0. The van der Waals surface area contributed by atoms with Crippen molar-refractivity contribution in [3.63, 3.8) is 0 Å². The van der Waals surface area contributed by atoms with Gasteiger partial charge in [0.2, 0.25) is 0 Å². The molecule has 0 unspecified atom stereocenters. The fourth-order valence-corrected chi connectivity index (χ4v) is 2.61. The maximum Gasteiger partial charge on any atom is 0.00719 e. The predicted octanol–water partition coefficient (Wildman–Crippen LogP) is 5.40. The van der Waals surface area contributed by atoms with Crippen molar-refractivity contribution in [1.82, 2.24) is 5.32 Å². The van der Waals surface area contributed by atoms with E-state index >= 15 is 0 Å². The second-order valence-electron chi connectivity index (χ2n) is 6.68. The summed E-state index contributed by atoms with van der Waals surface area (Å²) in [6.07, 6.45) is 11.0.